The fraction of sp³-hybridized carbons (Fsp3) is 0.381. The van der Waals surface area contributed by atoms with Gasteiger partial charge in [0.25, 0.3) is 0 Å². The van der Waals surface area contributed by atoms with E-state index in [1.54, 1.807) is 27.5 Å². The third kappa shape index (κ3) is 2.85. The Morgan fingerprint density at radius 1 is 1.15 bits per heavy atom. The van der Waals surface area contributed by atoms with Crippen LogP contribution in [0.25, 0.3) is 10.8 Å². The van der Waals surface area contributed by atoms with E-state index in [1.165, 1.54) is 5.56 Å². The van der Waals surface area contributed by atoms with Crippen molar-refractivity contribution < 1.29 is 14.5 Å². The second-order valence-electron chi connectivity index (χ2n) is 7.99. The first-order chi connectivity index (χ1) is 12.3. The molecular weight excluding hydrogens is 325 g/mol. The van der Waals surface area contributed by atoms with E-state index < -0.39 is 11.2 Å². The fourth-order valence-corrected chi connectivity index (χ4v) is 3.13. The smallest absolute Gasteiger partial charge is 0.330 e. The molecule has 1 radical (unpaired) electrons. The van der Waals surface area contributed by atoms with Gasteiger partial charge in [-0.05, 0) is 39.2 Å². The SMILES string of the molecule is CC(C)(O)C(C)(C)O[B]c1ccc2ccc3c(c2c1)OC1N=CC=CC31. The number of nitrogens with zero attached hydrogens (tertiary/aromatic N) is 1. The molecule has 0 saturated heterocycles. The van der Waals surface area contributed by atoms with Crippen molar-refractivity contribution >= 4 is 29.9 Å². The highest BCUT2D eigenvalue weighted by Crippen LogP contribution is 2.44. The summed E-state index contributed by atoms with van der Waals surface area (Å²) in [5.41, 5.74) is 0.447. The second-order valence-corrected chi connectivity index (χ2v) is 7.99. The summed E-state index contributed by atoms with van der Waals surface area (Å²) in [5, 5.41) is 12.4. The molecule has 2 heterocycles. The number of benzene rings is 2. The number of allylic oxidation sites excluding steroid dienone is 1. The normalized spacial score (nSPS) is 21.4. The van der Waals surface area contributed by atoms with Crippen LogP contribution in [0, 0.1) is 0 Å². The zero-order valence-electron chi connectivity index (χ0n) is 15.6. The summed E-state index contributed by atoms with van der Waals surface area (Å²) in [6.07, 6.45) is 5.74. The van der Waals surface area contributed by atoms with Crippen molar-refractivity contribution in [3.63, 3.8) is 0 Å². The summed E-state index contributed by atoms with van der Waals surface area (Å²) in [5.74, 6) is 1.08. The molecule has 0 amide bonds. The molecule has 133 valence electrons. The van der Waals surface area contributed by atoms with Crippen molar-refractivity contribution in [2.75, 3.05) is 0 Å². The van der Waals surface area contributed by atoms with Gasteiger partial charge >= 0.3 is 7.48 Å². The van der Waals surface area contributed by atoms with Gasteiger partial charge in [0, 0.05) is 17.2 Å². The van der Waals surface area contributed by atoms with E-state index in [1.807, 2.05) is 26.0 Å². The Morgan fingerprint density at radius 3 is 2.69 bits per heavy atom. The van der Waals surface area contributed by atoms with E-state index in [0.717, 1.165) is 22.0 Å². The summed E-state index contributed by atoms with van der Waals surface area (Å²) in [6, 6.07) is 10.4. The van der Waals surface area contributed by atoms with E-state index in [2.05, 4.69) is 35.3 Å². The summed E-state index contributed by atoms with van der Waals surface area (Å²) >= 11 is 0. The molecule has 0 bridgehead atoms. The number of hydrogen-bond donors (Lipinski definition) is 1. The Kier molecular flexibility index (Phi) is 3.97. The van der Waals surface area contributed by atoms with Gasteiger partial charge in [-0.25, -0.2) is 4.99 Å². The monoisotopic (exact) mass is 348 g/mol. The first-order valence-corrected chi connectivity index (χ1v) is 8.93. The van der Waals surface area contributed by atoms with Gasteiger partial charge in [0.1, 0.15) is 5.75 Å². The topological polar surface area (TPSA) is 51.0 Å². The molecule has 1 N–H and O–H groups in total. The minimum Gasteiger partial charge on any atom is -0.467 e. The van der Waals surface area contributed by atoms with Gasteiger partial charge in [-0.3, -0.25) is 0 Å². The van der Waals surface area contributed by atoms with Crippen LogP contribution in [0.15, 0.2) is 47.5 Å². The first-order valence-electron chi connectivity index (χ1n) is 8.93. The minimum atomic E-state index is -0.954. The Labute approximate surface area is 154 Å². The van der Waals surface area contributed by atoms with Crippen LogP contribution in [-0.4, -0.2) is 36.2 Å². The van der Waals surface area contributed by atoms with Crippen molar-refractivity contribution in [3.8, 4) is 5.75 Å². The lowest BCUT2D eigenvalue weighted by Crippen LogP contribution is -2.49. The molecule has 2 aromatic carbocycles. The molecule has 0 spiro atoms. The lowest BCUT2D eigenvalue weighted by atomic mass is 9.81. The van der Waals surface area contributed by atoms with Crippen LogP contribution in [0.2, 0.25) is 0 Å². The van der Waals surface area contributed by atoms with E-state index in [-0.39, 0.29) is 12.1 Å². The van der Waals surface area contributed by atoms with Crippen molar-refractivity contribution in [2.24, 2.45) is 4.99 Å². The van der Waals surface area contributed by atoms with Gasteiger partial charge in [-0.1, -0.05) is 41.9 Å². The van der Waals surface area contributed by atoms with E-state index >= 15 is 0 Å². The molecule has 5 heteroatoms. The third-order valence-corrected chi connectivity index (χ3v) is 5.53. The summed E-state index contributed by atoms with van der Waals surface area (Å²) in [6.45, 7) is 7.25. The molecule has 0 aliphatic carbocycles. The van der Waals surface area contributed by atoms with Gasteiger partial charge in [-0.2, -0.15) is 0 Å². The van der Waals surface area contributed by atoms with Gasteiger partial charge in [0.05, 0.1) is 17.1 Å². The maximum Gasteiger partial charge on any atom is 0.330 e. The van der Waals surface area contributed by atoms with Crippen molar-refractivity contribution in [2.45, 2.75) is 51.0 Å². The quantitative estimate of drug-likeness (QED) is 0.864. The van der Waals surface area contributed by atoms with Gasteiger partial charge in [0.15, 0.2) is 6.23 Å². The minimum absolute atomic E-state index is 0.168. The van der Waals surface area contributed by atoms with Crippen LogP contribution < -0.4 is 10.2 Å². The standard InChI is InChI=1S/C21H23BNO3/c1-20(2,24)21(3,4)26-22-14-9-7-13-8-10-15-16-6-5-11-23-19(16)25-18(15)17(13)12-14/h5-12,16,19,24H,1-4H3. The van der Waals surface area contributed by atoms with E-state index in [0.29, 0.717) is 0 Å². The van der Waals surface area contributed by atoms with Gasteiger partial charge < -0.3 is 14.5 Å². The number of aliphatic imine (C=N–C) groups is 1. The highest BCUT2D eigenvalue weighted by Gasteiger charge is 2.36. The van der Waals surface area contributed by atoms with Gasteiger partial charge in [0.2, 0.25) is 0 Å². The van der Waals surface area contributed by atoms with Crippen LogP contribution in [0.3, 0.4) is 0 Å². The molecule has 26 heavy (non-hydrogen) atoms. The number of dihydropyridines is 1. The average molecular weight is 348 g/mol. The van der Waals surface area contributed by atoms with Crippen LogP contribution >= 0.6 is 0 Å². The number of ether oxygens (including phenoxy) is 1. The van der Waals surface area contributed by atoms with Gasteiger partial charge in [-0.15, -0.1) is 0 Å². The molecule has 2 aliphatic heterocycles. The maximum atomic E-state index is 10.3. The molecule has 4 nitrogen and oxygen atoms in total. The number of fused-ring (bicyclic) bond motifs is 5. The Morgan fingerprint density at radius 2 is 1.92 bits per heavy atom. The largest absolute Gasteiger partial charge is 0.467 e. The Bertz CT molecular complexity index is 911. The molecular formula is C21H23BNO3. The fourth-order valence-electron chi connectivity index (χ4n) is 3.13. The van der Waals surface area contributed by atoms with E-state index in [4.69, 9.17) is 9.39 Å². The molecule has 0 aromatic heterocycles. The van der Waals surface area contributed by atoms with Crippen molar-refractivity contribution in [1.82, 2.24) is 0 Å². The highest BCUT2D eigenvalue weighted by molar-refractivity contribution is 6.47. The molecule has 0 fully saturated rings. The van der Waals surface area contributed by atoms with Crippen LogP contribution in [-0.2, 0) is 4.65 Å². The molecule has 2 aromatic rings. The number of hydrogen-bond acceptors (Lipinski definition) is 4. The zero-order valence-corrected chi connectivity index (χ0v) is 15.6. The van der Waals surface area contributed by atoms with Crippen molar-refractivity contribution in [1.29, 1.82) is 0 Å². The second kappa shape index (κ2) is 5.97. The maximum absolute atomic E-state index is 10.3. The van der Waals surface area contributed by atoms with Crippen LogP contribution in [0.1, 0.15) is 39.2 Å². The first kappa shape index (κ1) is 17.3. The average Bonchev–Trinajstić information content (AvgIpc) is 2.98. The van der Waals surface area contributed by atoms with E-state index in [9.17, 15) is 5.11 Å². The predicted molar refractivity (Wildman–Crippen MR) is 106 cm³/mol. The molecule has 2 aliphatic rings. The lowest BCUT2D eigenvalue weighted by molar-refractivity contribution is -0.0893. The summed E-state index contributed by atoms with van der Waals surface area (Å²) in [4.78, 5) is 4.44. The molecule has 2 atom stereocenters. The third-order valence-electron chi connectivity index (χ3n) is 5.53. The molecule has 0 saturated carbocycles. The molecule has 2 unspecified atom stereocenters. The molecule has 4 rings (SSSR count). The highest BCUT2D eigenvalue weighted by atomic mass is 16.5. The predicted octanol–water partition coefficient (Wildman–Crippen LogP) is 3.09. The summed E-state index contributed by atoms with van der Waals surface area (Å²) in [7, 11) is 1.71. The zero-order chi connectivity index (χ0) is 18.5. The Balaban J connectivity index is 1.66. The summed E-state index contributed by atoms with van der Waals surface area (Å²) < 4.78 is 12.0. The Hall–Kier alpha value is -2.11. The number of rotatable bonds is 4. The lowest BCUT2D eigenvalue weighted by Gasteiger charge is -2.37. The van der Waals surface area contributed by atoms with Crippen molar-refractivity contribution in [3.05, 3.63) is 48.0 Å². The van der Waals surface area contributed by atoms with Crippen LogP contribution in [0.5, 0.6) is 5.75 Å². The number of aliphatic hydroxyl groups is 1. The van der Waals surface area contributed by atoms with Crippen LogP contribution in [0.4, 0.5) is 0 Å².